The van der Waals surface area contributed by atoms with Crippen molar-refractivity contribution in [2.24, 2.45) is 17.8 Å². The summed E-state index contributed by atoms with van der Waals surface area (Å²) >= 11 is 0. The first kappa shape index (κ1) is 20.5. The molecule has 2 fully saturated rings. The van der Waals surface area contributed by atoms with Gasteiger partial charge in [0.15, 0.2) is 6.29 Å². The SMILES string of the molecule is COC(=O)C1=CO[C@@H](O[C@@H]2O[C@H](CO)[C@@H](O)[C@H](O)[C@H]2O)[C@@H]2[C@@H](CO)CC[C@H]12. The monoisotopic (exact) mass is 390 g/mol. The van der Waals surface area contributed by atoms with Gasteiger partial charge in [0, 0.05) is 18.4 Å². The molecule has 0 spiro atoms. The van der Waals surface area contributed by atoms with E-state index >= 15 is 0 Å². The van der Waals surface area contributed by atoms with Crippen molar-refractivity contribution in [1.29, 1.82) is 0 Å². The van der Waals surface area contributed by atoms with Crippen LogP contribution in [0.4, 0.5) is 0 Å². The van der Waals surface area contributed by atoms with Crippen LogP contribution in [-0.2, 0) is 23.7 Å². The molecule has 1 saturated carbocycles. The zero-order valence-electron chi connectivity index (χ0n) is 14.9. The second-order valence-electron chi connectivity index (χ2n) is 7.11. The number of rotatable bonds is 5. The van der Waals surface area contributed by atoms with Crippen LogP contribution in [0.5, 0.6) is 0 Å². The summed E-state index contributed by atoms with van der Waals surface area (Å²) in [6.45, 7) is -0.707. The molecule has 10 nitrogen and oxygen atoms in total. The number of ether oxygens (including phenoxy) is 4. The number of hydrogen-bond donors (Lipinski definition) is 5. The smallest absolute Gasteiger partial charge is 0.337 e. The van der Waals surface area contributed by atoms with Gasteiger partial charge < -0.3 is 44.5 Å². The molecule has 3 rings (SSSR count). The normalized spacial score (nSPS) is 44.2. The van der Waals surface area contributed by atoms with Crippen LogP contribution in [0, 0.1) is 17.8 Å². The molecule has 0 aromatic carbocycles. The predicted molar refractivity (Wildman–Crippen MR) is 86.6 cm³/mol. The summed E-state index contributed by atoms with van der Waals surface area (Å²) in [6.07, 6.45) is -5.51. The number of aliphatic hydroxyl groups is 5. The molecule has 10 heteroatoms. The van der Waals surface area contributed by atoms with Gasteiger partial charge in [0.05, 0.1) is 25.6 Å². The fraction of sp³-hybridized carbons (Fsp3) is 0.824. The molecule has 1 aliphatic carbocycles. The minimum Gasteiger partial charge on any atom is -0.472 e. The molecule has 0 radical (unpaired) electrons. The molecule has 0 aromatic heterocycles. The zero-order chi connectivity index (χ0) is 19.7. The van der Waals surface area contributed by atoms with Crippen molar-refractivity contribution in [2.75, 3.05) is 20.3 Å². The van der Waals surface area contributed by atoms with E-state index in [2.05, 4.69) is 0 Å². The molecule has 5 N–H and O–H groups in total. The van der Waals surface area contributed by atoms with Crippen LogP contribution in [0.3, 0.4) is 0 Å². The van der Waals surface area contributed by atoms with Crippen molar-refractivity contribution < 1.29 is 49.3 Å². The first-order chi connectivity index (χ1) is 12.9. The van der Waals surface area contributed by atoms with Gasteiger partial charge in [0.2, 0.25) is 6.29 Å². The second-order valence-corrected chi connectivity index (χ2v) is 7.11. The number of fused-ring (bicyclic) bond motifs is 1. The number of esters is 1. The Bertz CT molecular complexity index is 564. The van der Waals surface area contributed by atoms with Crippen LogP contribution in [0.25, 0.3) is 0 Å². The number of carbonyl (C=O) groups is 1. The summed E-state index contributed by atoms with van der Waals surface area (Å²) in [5.74, 6) is -1.35. The molecule has 154 valence electrons. The molecule has 3 aliphatic rings. The standard InChI is InChI=1S/C17H26O10/c1-24-15(23)9-6-25-16(11-7(4-18)2-3-8(9)11)27-17-14(22)13(21)12(20)10(5-19)26-17/h6-8,10-14,16-22H,2-5H2,1H3/t7-,8-,10-,11-,12-,13+,14-,16+,17+/m1/s1. The maximum atomic E-state index is 12.0. The van der Waals surface area contributed by atoms with E-state index in [1.54, 1.807) is 0 Å². The molecule has 0 amide bonds. The Kier molecular flexibility index (Phi) is 6.36. The van der Waals surface area contributed by atoms with Gasteiger partial charge in [-0.3, -0.25) is 0 Å². The highest BCUT2D eigenvalue weighted by Crippen LogP contribution is 2.47. The highest BCUT2D eigenvalue weighted by Gasteiger charge is 2.51. The lowest BCUT2D eigenvalue weighted by molar-refractivity contribution is -0.342. The highest BCUT2D eigenvalue weighted by atomic mass is 16.8. The third kappa shape index (κ3) is 3.70. The van der Waals surface area contributed by atoms with Crippen molar-refractivity contribution in [2.45, 2.75) is 49.8 Å². The minimum absolute atomic E-state index is 0.131. The van der Waals surface area contributed by atoms with E-state index in [9.17, 15) is 30.3 Å². The van der Waals surface area contributed by atoms with Crippen molar-refractivity contribution in [3.05, 3.63) is 11.8 Å². The van der Waals surface area contributed by atoms with Gasteiger partial charge in [-0.15, -0.1) is 0 Å². The van der Waals surface area contributed by atoms with Gasteiger partial charge in [-0.05, 0) is 18.8 Å². The van der Waals surface area contributed by atoms with E-state index in [0.717, 1.165) is 0 Å². The van der Waals surface area contributed by atoms with E-state index in [0.29, 0.717) is 18.4 Å². The third-order valence-corrected chi connectivity index (χ3v) is 5.67. The van der Waals surface area contributed by atoms with Gasteiger partial charge in [0.1, 0.15) is 24.4 Å². The van der Waals surface area contributed by atoms with Crippen molar-refractivity contribution in [1.82, 2.24) is 0 Å². The average Bonchev–Trinajstić information content (AvgIpc) is 3.12. The van der Waals surface area contributed by atoms with E-state index in [1.165, 1.54) is 13.4 Å². The fourth-order valence-electron chi connectivity index (χ4n) is 4.17. The van der Waals surface area contributed by atoms with Crippen LogP contribution >= 0.6 is 0 Å². The molecule has 9 atom stereocenters. The van der Waals surface area contributed by atoms with Gasteiger partial charge >= 0.3 is 5.97 Å². The molecular formula is C17H26O10. The van der Waals surface area contributed by atoms with E-state index in [-0.39, 0.29) is 24.4 Å². The lowest BCUT2D eigenvalue weighted by Gasteiger charge is -2.43. The molecule has 2 heterocycles. The van der Waals surface area contributed by atoms with Gasteiger partial charge in [-0.1, -0.05) is 0 Å². The molecule has 0 unspecified atom stereocenters. The number of methoxy groups -OCH3 is 1. The molecule has 27 heavy (non-hydrogen) atoms. The largest absolute Gasteiger partial charge is 0.472 e. The minimum atomic E-state index is -1.57. The summed E-state index contributed by atoms with van der Waals surface area (Å²) in [5, 5.41) is 48.9. The Morgan fingerprint density at radius 3 is 2.48 bits per heavy atom. The molecular weight excluding hydrogens is 364 g/mol. The van der Waals surface area contributed by atoms with Gasteiger partial charge in [0.25, 0.3) is 0 Å². The van der Waals surface area contributed by atoms with Crippen LogP contribution < -0.4 is 0 Å². The Morgan fingerprint density at radius 1 is 1.11 bits per heavy atom. The van der Waals surface area contributed by atoms with Gasteiger partial charge in [-0.2, -0.15) is 0 Å². The van der Waals surface area contributed by atoms with E-state index < -0.39 is 49.6 Å². The maximum Gasteiger partial charge on any atom is 0.337 e. The second kappa shape index (κ2) is 8.39. The van der Waals surface area contributed by atoms with Crippen molar-refractivity contribution >= 4 is 5.97 Å². The number of aliphatic hydroxyl groups excluding tert-OH is 5. The van der Waals surface area contributed by atoms with Crippen molar-refractivity contribution in [3.63, 3.8) is 0 Å². The quantitative estimate of drug-likeness (QED) is 0.328. The van der Waals surface area contributed by atoms with Gasteiger partial charge in [-0.25, -0.2) is 4.79 Å². The highest BCUT2D eigenvalue weighted by molar-refractivity contribution is 5.89. The predicted octanol–water partition coefficient (Wildman–Crippen LogP) is -2.15. The summed E-state index contributed by atoms with van der Waals surface area (Å²) in [7, 11) is 1.27. The molecule has 2 aliphatic heterocycles. The number of carbonyl (C=O) groups excluding carboxylic acids is 1. The Morgan fingerprint density at radius 2 is 1.85 bits per heavy atom. The molecule has 0 bridgehead atoms. The summed E-state index contributed by atoms with van der Waals surface area (Å²) in [4.78, 5) is 12.0. The van der Waals surface area contributed by atoms with E-state index in [4.69, 9.17) is 18.9 Å². The number of hydrogen-bond acceptors (Lipinski definition) is 10. The first-order valence-corrected chi connectivity index (χ1v) is 8.93. The third-order valence-electron chi connectivity index (χ3n) is 5.67. The average molecular weight is 390 g/mol. The van der Waals surface area contributed by atoms with Crippen LogP contribution in [0.15, 0.2) is 11.8 Å². The van der Waals surface area contributed by atoms with Crippen LogP contribution in [0.1, 0.15) is 12.8 Å². The maximum absolute atomic E-state index is 12.0. The lowest BCUT2D eigenvalue weighted by atomic mass is 9.83. The Hall–Kier alpha value is -1.27. The summed E-state index contributed by atoms with van der Waals surface area (Å²) in [5.41, 5.74) is 0.354. The summed E-state index contributed by atoms with van der Waals surface area (Å²) < 4.78 is 21.4. The first-order valence-electron chi connectivity index (χ1n) is 8.93. The molecule has 1 saturated heterocycles. The van der Waals surface area contributed by atoms with Crippen LogP contribution in [0.2, 0.25) is 0 Å². The Balaban J connectivity index is 1.79. The topological polar surface area (TPSA) is 155 Å². The lowest BCUT2D eigenvalue weighted by Crippen LogP contribution is -2.60. The summed E-state index contributed by atoms with van der Waals surface area (Å²) in [6, 6.07) is 0. The molecule has 0 aromatic rings. The fourth-order valence-corrected chi connectivity index (χ4v) is 4.17. The van der Waals surface area contributed by atoms with Crippen molar-refractivity contribution in [3.8, 4) is 0 Å². The zero-order valence-corrected chi connectivity index (χ0v) is 14.9. The Labute approximate surface area is 155 Å². The van der Waals surface area contributed by atoms with Crippen LogP contribution in [-0.4, -0.2) is 88.8 Å². The van der Waals surface area contributed by atoms with E-state index in [1.807, 2.05) is 0 Å².